The van der Waals surface area contributed by atoms with Gasteiger partial charge < -0.3 is 25.0 Å². The Labute approximate surface area is 165 Å². The number of rotatable bonds is 12. The Morgan fingerprint density at radius 3 is 2.30 bits per heavy atom. The van der Waals surface area contributed by atoms with Crippen molar-refractivity contribution in [2.24, 2.45) is 4.99 Å². The van der Waals surface area contributed by atoms with Gasteiger partial charge in [0.1, 0.15) is 12.4 Å². The van der Waals surface area contributed by atoms with Gasteiger partial charge in [0.05, 0.1) is 12.1 Å². The number of methoxy groups -OCH3 is 1. The van der Waals surface area contributed by atoms with E-state index in [4.69, 9.17) is 9.47 Å². The van der Waals surface area contributed by atoms with Crippen LogP contribution in [0.5, 0.6) is 5.75 Å². The third-order valence-electron chi connectivity index (χ3n) is 4.49. The highest BCUT2D eigenvalue weighted by molar-refractivity contribution is 5.79. The van der Waals surface area contributed by atoms with Crippen molar-refractivity contribution in [3.8, 4) is 5.75 Å². The van der Waals surface area contributed by atoms with Gasteiger partial charge >= 0.3 is 0 Å². The zero-order valence-corrected chi connectivity index (χ0v) is 18.0. The second kappa shape index (κ2) is 12.6. The summed E-state index contributed by atoms with van der Waals surface area (Å²) < 4.78 is 11.3. The SMILES string of the molecule is CCNC(=NCc1ccc(OCCN(CC)CC)cc1)NCC(C)(C)OC. The Morgan fingerprint density at radius 1 is 1.07 bits per heavy atom. The molecule has 0 fully saturated rings. The molecule has 1 aromatic carbocycles. The van der Waals surface area contributed by atoms with Gasteiger partial charge in [-0.1, -0.05) is 26.0 Å². The van der Waals surface area contributed by atoms with Crippen LogP contribution in [0.3, 0.4) is 0 Å². The first-order valence-corrected chi connectivity index (χ1v) is 9.95. The van der Waals surface area contributed by atoms with Gasteiger partial charge in [-0.15, -0.1) is 0 Å². The molecule has 0 atom stereocenters. The van der Waals surface area contributed by atoms with Crippen LogP contribution < -0.4 is 15.4 Å². The van der Waals surface area contributed by atoms with E-state index in [0.29, 0.717) is 19.7 Å². The van der Waals surface area contributed by atoms with Crippen LogP contribution in [0.15, 0.2) is 29.3 Å². The van der Waals surface area contributed by atoms with Crippen molar-refractivity contribution in [3.63, 3.8) is 0 Å². The van der Waals surface area contributed by atoms with Crippen molar-refractivity contribution in [1.29, 1.82) is 0 Å². The Morgan fingerprint density at radius 2 is 1.74 bits per heavy atom. The lowest BCUT2D eigenvalue weighted by Gasteiger charge is -2.24. The molecule has 0 unspecified atom stereocenters. The molecule has 6 heteroatoms. The number of guanidine groups is 1. The van der Waals surface area contributed by atoms with Crippen molar-refractivity contribution in [1.82, 2.24) is 15.5 Å². The van der Waals surface area contributed by atoms with E-state index in [-0.39, 0.29) is 5.60 Å². The average Bonchev–Trinajstić information content (AvgIpc) is 2.68. The lowest BCUT2D eigenvalue weighted by Crippen LogP contribution is -2.45. The van der Waals surface area contributed by atoms with Crippen LogP contribution in [-0.2, 0) is 11.3 Å². The van der Waals surface area contributed by atoms with Gasteiger partial charge in [0.25, 0.3) is 0 Å². The van der Waals surface area contributed by atoms with E-state index < -0.39 is 0 Å². The summed E-state index contributed by atoms with van der Waals surface area (Å²) in [6, 6.07) is 8.17. The number of hydrogen-bond donors (Lipinski definition) is 2. The van der Waals surface area contributed by atoms with Crippen LogP contribution in [0, 0.1) is 0 Å². The third kappa shape index (κ3) is 9.63. The molecule has 154 valence electrons. The first kappa shape index (κ1) is 23.2. The van der Waals surface area contributed by atoms with Gasteiger partial charge in [0.2, 0.25) is 0 Å². The number of ether oxygens (including phenoxy) is 2. The molecular weight excluding hydrogens is 340 g/mol. The fourth-order valence-electron chi connectivity index (χ4n) is 2.40. The Kier molecular flexibility index (Phi) is 10.8. The van der Waals surface area contributed by atoms with E-state index in [9.17, 15) is 0 Å². The fraction of sp³-hybridized carbons (Fsp3) is 0.667. The molecule has 0 spiro atoms. The van der Waals surface area contributed by atoms with Crippen LogP contribution in [0.2, 0.25) is 0 Å². The van der Waals surface area contributed by atoms with Gasteiger partial charge in [0.15, 0.2) is 5.96 Å². The highest BCUT2D eigenvalue weighted by Crippen LogP contribution is 2.13. The van der Waals surface area contributed by atoms with Crippen molar-refractivity contribution in [2.75, 3.05) is 46.4 Å². The third-order valence-corrected chi connectivity index (χ3v) is 4.49. The van der Waals surface area contributed by atoms with Crippen molar-refractivity contribution in [2.45, 2.75) is 46.8 Å². The number of likely N-dealkylation sites (N-methyl/N-ethyl adjacent to an activating group) is 1. The summed E-state index contributed by atoms with van der Waals surface area (Å²) in [4.78, 5) is 7.00. The van der Waals surface area contributed by atoms with E-state index in [1.165, 1.54) is 0 Å². The summed E-state index contributed by atoms with van der Waals surface area (Å²) in [6.07, 6.45) is 0. The second-order valence-corrected chi connectivity index (χ2v) is 7.03. The summed E-state index contributed by atoms with van der Waals surface area (Å²) >= 11 is 0. The second-order valence-electron chi connectivity index (χ2n) is 7.03. The van der Waals surface area contributed by atoms with Crippen LogP contribution in [0.4, 0.5) is 0 Å². The number of aliphatic imine (C=N–C) groups is 1. The van der Waals surface area contributed by atoms with Crippen molar-refractivity contribution >= 4 is 5.96 Å². The topological polar surface area (TPSA) is 58.1 Å². The summed E-state index contributed by atoms with van der Waals surface area (Å²) in [5.41, 5.74) is 0.912. The predicted molar refractivity (Wildman–Crippen MR) is 114 cm³/mol. The van der Waals surface area contributed by atoms with E-state index in [2.05, 4.69) is 53.4 Å². The van der Waals surface area contributed by atoms with Crippen LogP contribution in [0.1, 0.15) is 40.2 Å². The van der Waals surface area contributed by atoms with Crippen LogP contribution >= 0.6 is 0 Å². The molecular formula is C21H38N4O2. The maximum absolute atomic E-state index is 5.83. The summed E-state index contributed by atoms with van der Waals surface area (Å²) in [5.74, 6) is 1.70. The summed E-state index contributed by atoms with van der Waals surface area (Å²) in [7, 11) is 1.72. The molecule has 0 aliphatic heterocycles. The molecule has 0 heterocycles. The molecule has 0 saturated carbocycles. The maximum atomic E-state index is 5.83. The standard InChI is InChI=1S/C21H38N4O2/c1-7-22-20(24-17-21(4,5)26-6)23-16-18-10-12-19(13-11-18)27-15-14-25(8-2)9-3/h10-13H,7-9,14-17H2,1-6H3,(H2,22,23,24). The molecule has 0 amide bonds. The highest BCUT2D eigenvalue weighted by Gasteiger charge is 2.16. The number of nitrogens with zero attached hydrogens (tertiary/aromatic N) is 2. The van der Waals surface area contributed by atoms with Crippen molar-refractivity contribution < 1.29 is 9.47 Å². The highest BCUT2D eigenvalue weighted by atomic mass is 16.5. The smallest absolute Gasteiger partial charge is 0.191 e. The Bertz CT molecular complexity index is 540. The maximum Gasteiger partial charge on any atom is 0.191 e. The molecule has 0 aromatic heterocycles. The molecule has 0 saturated heterocycles. The molecule has 0 aliphatic rings. The minimum absolute atomic E-state index is 0.236. The average molecular weight is 379 g/mol. The molecule has 1 rings (SSSR count). The Hall–Kier alpha value is -1.79. The molecule has 27 heavy (non-hydrogen) atoms. The van der Waals surface area contributed by atoms with E-state index in [1.807, 2.05) is 26.0 Å². The minimum Gasteiger partial charge on any atom is -0.492 e. The number of hydrogen-bond acceptors (Lipinski definition) is 4. The molecule has 2 N–H and O–H groups in total. The van der Waals surface area contributed by atoms with Gasteiger partial charge in [-0.25, -0.2) is 4.99 Å². The molecule has 0 bridgehead atoms. The lowest BCUT2D eigenvalue weighted by atomic mass is 10.1. The molecule has 6 nitrogen and oxygen atoms in total. The van der Waals surface area contributed by atoms with E-state index >= 15 is 0 Å². The Balaban J connectivity index is 2.52. The van der Waals surface area contributed by atoms with Gasteiger partial charge in [-0.2, -0.15) is 0 Å². The summed E-state index contributed by atoms with van der Waals surface area (Å²) in [5, 5.41) is 6.59. The first-order chi connectivity index (χ1) is 12.9. The molecule has 0 radical (unpaired) electrons. The molecule has 1 aromatic rings. The van der Waals surface area contributed by atoms with E-state index in [1.54, 1.807) is 7.11 Å². The normalized spacial score (nSPS) is 12.3. The van der Waals surface area contributed by atoms with Crippen LogP contribution in [0.25, 0.3) is 0 Å². The zero-order chi connectivity index (χ0) is 20.1. The quantitative estimate of drug-likeness (QED) is 0.433. The minimum atomic E-state index is -0.236. The van der Waals surface area contributed by atoms with Gasteiger partial charge in [0, 0.05) is 26.7 Å². The van der Waals surface area contributed by atoms with Gasteiger partial charge in [-0.3, -0.25) is 0 Å². The van der Waals surface area contributed by atoms with Crippen molar-refractivity contribution in [3.05, 3.63) is 29.8 Å². The predicted octanol–water partition coefficient (Wildman–Crippen LogP) is 2.89. The summed E-state index contributed by atoms with van der Waals surface area (Å²) in [6.45, 7) is 16.4. The van der Waals surface area contributed by atoms with Gasteiger partial charge in [-0.05, 0) is 51.6 Å². The largest absolute Gasteiger partial charge is 0.492 e. The van der Waals surface area contributed by atoms with Crippen LogP contribution in [-0.4, -0.2) is 62.9 Å². The fourth-order valence-corrected chi connectivity index (χ4v) is 2.40. The number of nitrogens with one attached hydrogen (secondary N) is 2. The number of benzene rings is 1. The monoisotopic (exact) mass is 378 g/mol. The van der Waals surface area contributed by atoms with E-state index in [0.717, 1.165) is 43.5 Å². The zero-order valence-electron chi connectivity index (χ0n) is 18.0. The molecule has 0 aliphatic carbocycles. The first-order valence-electron chi connectivity index (χ1n) is 9.95. The lowest BCUT2D eigenvalue weighted by molar-refractivity contribution is 0.0268.